The fourth-order valence-electron chi connectivity index (χ4n) is 1.80. The van der Waals surface area contributed by atoms with Gasteiger partial charge in [0.05, 0.1) is 6.07 Å². The smallest absolute Gasteiger partial charge is 0.224 e. The molecule has 1 radical (unpaired) electrons. The lowest BCUT2D eigenvalue weighted by atomic mass is 9.82. The van der Waals surface area contributed by atoms with Crippen LogP contribution in [0, 0.1) is 11.3 Å². The summed E-state index contributed by atoms with van der Waals surface area (Å²) in [5, 5.41) is 11.0. The third kappa shape index (κ3) is 1.47. The molecule has 0 saturated carbocycles. The maximum atomic E-state index is 11.0. The quantitative estimate of drug-likeness (QED) is 0.761. The topological polar surface area (TPSA) is 40.9 Å². The van der Waals surface area contributed by atoms with E-state index in [0.29, 0.717) is 5.56 Å². The van der Waals surface area contributed by atoms with Gasteiger partial charge in [-0.1, -0.05) is 42.5 Å². The van der Waals surface area contributed by atoms with Gasteiger partial charge in [-0.25, -0.2) is 0 Å². The molecule has 2 aromatic rings. The molecule has 0 bridgehead atoms. The van der Waals surface area contributed by atoms with E-state index in [1.54, 1.807) is 13.0 Å². The van der Waals surface area contributed by atoms with Crippen LogP contribution in [0.3, 0.4) is 0 Å². The second-order valence-electron chi connectivity index (χ2n) is 3.87. The molecule has 0 fully saturated rings. The largest absolute Gasteiger partial charge is 0.289 e. The van der Waals surface area contributed by atoms with Crippen LogP contribution in [0.25, 0.3) is 10.8 Å². The van der Waals surface area contributed by atoms with E-state index >= 15 is 0 Å². The zero-order valence-electron chi connectivity index (χ0n) is 8.90. The molecular formula is C14H10NO. The molecule has 0 aliphatic rings. The monoisotopic (exact) mass is 208 g/mol. The highest BCUT2D eigenvalue weighted by atomic mass is 16.1. The zero-order chi connectivity index (χ0) is 11.6. The van der Waals surface area contributed by atoms with Crippen molar-refractivity contribution in [3.63, 3.8) is 0 Å². The van der Waals surface area contributed by atoms with Crippen LogP contribution in [0.5, 0.6) is 0 Å². The Bertz CT molecular complexity index is 577. The van der Waals surface area contributed by atoms with Crippen LogP contribution in [0.1, 0.15) is 12.5 Å². The summed E-state index contributed by atoms with van der Waals surface area (Å²) in [6, 6.07) is 15.3. The highest BCUT2D eigenvalue weighted by Crippen LogP contribution is 2.28. The zero-order valence-corrected chi connectivity index (χ0v) is 8.90. The van der Waals surface area contributed by atoms with Gasteiger partial charge in [-0.15, -0.1) is 0 Å². The molecule has 0 spiro atoms. The second kappa shape index (κ2) is 3.79. The highest BCUT2D eigenvalue weighted by Gasteiger charge is 2.28. The van der Waals surface area contributed by atoms with Crippen LogP contribution >= 0.6 is 0 Å². The summed E-state index contributed by atoms with van der Waals surface area (Å²) in [5.41, 5.74) is -0.482. The van der Waals surface area contributed by atoms with E-state index in [2.05, 4.69) is 0 Å². The van der Waals surface area contributed by atoms with Crippen LogP contribution < -0.4 is 0 Å². The van der Waals surface area contributed by atoms with Crippen LogP contribution in [-0.2, 0) is 10.2 Å². The van der Waals surface area contributed by atoms with Crippen molar-refractivity contribution in [3.05, 3.63) is 48.0 Å². The third-order valence-electron chi connectivity index (χ3n) is 2.76. The number of carbonyl (C=O) groups excluding carboxylic acids is 1. The van der Waals surface area contributed by atoms with Crippen LogP contribution in [0.2, 0.25) is 0 Å². The molecule has 2 nitrogen and oxygen atoms in total. The summed E-state index contributed by atoms with van der Waals surface area (Å²) in [4.78, 5) is 11.0. The minimum atomic E-state index is -1.19. The Kier molecular flexibility index (Phi) is 2.46. The maximum Gasteiger partial charge on any atom is 0.224 e. The van der Waals surface area contributed by atoms with Gasteiger partial charge < -0.3 is 0 Å². The first-order valence-corrected chi connectivity index (χ1v) is 5.00. The fourth-order valence-corrected chi connectivity index (χ4v) is 1.80. The lowest BCUT2D eigenvalue weighted by molar-refractivity contribution is 0.533. The Hall–Kier alpha value is -2.14. The Labute approximate surface area is 94.1 Å². The molecule has 77 valence electrons. The molecule has 0 saturated heterocycles. The summed E-state index contributed by atoms with van der Waals surface area (Å²) in [7, 11) is 0. The number of hydrogen-bond donors (Lipinski definition) is 0. The van der Waals surface area contributed by atoms with Crippen molar-refractivity contribution in [3.8, 4) is 6.07 Å². The second-order valence-corrected chi connectivity index (χ2v) is 3.87. The Morgan fingerprint density at radius 3 is 2.50 bits per heavy atom. The average molecular weight is 208 g/mol. The van der Waals surface area contributed by atoms with Crippen molar-refractivity contribution in [1.29, 1.82) is 5.26 Å². The first-order valence-electron chi connectivity index (χ1n) is 5.00. The van der Waals surface area contributed by atoms with Gasteiger partial charge in [0, 0.05) is 0 Å². The first-order chi connectivity index (χ1) is 7.71. The normalized spacial score (nSPS) is 14.0. The number of fused-ring (bicyclic) bond motifs is 1. The van der Waals surface area contributed by atoms with E-state index in [9.17, 15) is 4.79 Å². The molecule has 0 aliphatic carbocycles. The van der Waals surface area contributed by atoms with Crippen molar-refractivity contribution in [2.75, 3.05) is 0 Å². The van der Waals surface area contributed by atoms with Gasteiger partial charge in [0.2, 0.25) is 6.29 Å². The summed E-state index contributed by atoms with van der Waals surface area (Å²) in [6.07, 6.45) is 1.83. The molecular weight excluding hydrogens is 198 g/mol. The van der Waals surface area contributed by atoms with E-state index in [0.717, 1.165) is 10.8 Å². The Balaban J connectivity index is 2.80. The molecule has 1 atom stereocenters. The molecule has 0 aliphatic heterocycles. The van der Waals surface area contributed by atoms with Gasteiger partial charge in [-0.3, -0.25) is 4.79 Å². The number of rotatable bonds is 2. The van der Waals surface area contributed by atoms with E-state index < -0.39 is 5.41 Å². The summed E-state index contributed by atoms with van der Waals surface area (Å²) in [6.45, 7) is 1.59. The molecule has 2 heteroatoms. The van der Waals surface area contributed by atoms with Gasteiger partial charge in [-0.2, -0.15) is 5.26 Å². The summed E-state index contributed by atoms with van der Waals surface area (Å²) < 4.78 is 0. The molecule has 2 rings (SSSR count). The summed E-state index contributed by atoms with van der Waals surface area (Å²) in [5.74, 6) is 0. The molecule has 0 aromatic heterocycles. The van der Waals surface area contributed by atoms with Gasteiger partial charge >= 0.3 is 0 Å². The minimum Gasteiger partial charge on any atom is -0.289 e. The molecule has 0 N–H and O–H groups in total. The maximum absolute atomic E-state index is 11.0. The number of nitriles is 1. The van der Waals surface area contributed by atoms with Gasteiger partial charge in [-0.05, 0) is 23.3 Å². The van der Waals surface area contributed by atoms with E-state index in [1.807, 2.05) is 48.8 Å². The number of nitrogens with zero attached hydrogens (tertiary/aromatic N) is 1. The minimum absolute atomic E-state index is 0.711. The standard InChI is InChI=1S/C14H10NO/c1-14(9-15,10-16)13-8-4-6-11-5-2-3-7-12(11)13/h2-8H,1H3. The molecule has 2 aromatic carbocycles. The van der Waals surface area contributed by atoms with Crippen molar-refractivity contribution >= 4 is 17.1 Å². The van der Waals surface area contributed by atoms with Crippen LogP contribution in [0.4, 0.5) is 0 Å². The number of hydrogen-bond acceptors (Lipinski definition) is 2. The van der Waals surface area contributed by atoms with Crippen molar-refractivity contribution < 1.29 is 4.79 Å². The average Bonchev–Trinajstić information content (AvgIpc) is 2.37. The Morgan fingerprint density at radius 2 is 1.81 bits per heavy atom. The Morgan fingerprint density at radius 1 is 1.12 bits per heavy atom. The van der Waals surface area contributed by atoms with Crippen molar-refractivity contribution in [1.82, 2.24) is 0 Å². The lowest BCUT2D eigenvalue weighted by Gasteiger charge is -2.15. The molecule has 1 unspecified atom stereocenters. The fraction of sp³-hybridized carbons (Fsp3) is 0.143. The van der Waals surface area contributed by atoms with Crippen LogP contribution in [0.15, 0.2) is 42.5 Å². The summed E-state index contributed by atoms with van der Waals surface area (Å²) >= 11 is 0. The predicted octanol–water partition coefficient (Wildman–Crippen LogP) is 2.73. The molecule has 0 amide bonds. The number of benzene rings is 2. The van der Waals surface area contributed by atoms with E-state index in [-0.39, 0.29) is 0 Å². The lowest BCUT2D eigenvalue weighted by Crippen LogP contribution is -2.21. The van der Waals surface area contributed by atoms with Crippen molar-refractivity contribution in [2.45, 2.75) is 12.3 Å². The first kappa shape index (κ1) is 10.4. The van der Waals surface area contributed by atoms with Gasteiger partial charge in [0.1, 0.15) is 5.41 Å². The van der Waals surface area contributed by atoms with Gasteiger partial charge in [0.25, 0.3) is 0 Å². The third-order valence-corrected chi connectivity index (χ3v) is 2.76. The SMILES string of the molecule is CC([C]=O)(C#N)c1cccc2ccccc12. The molecule has 16 heavy (non-hydrogen) atoms. The predicted molar refractivity (Wildman–Crippen MR) is 62.6 cm³/mol. The molecule has 0 heterocycles. The van der Waals surface area contributed by atoms with Crippen molar-refractivity contribution in [2.24, 2.45) is 0 Å². The van der Waals surface area contributed by atoms with Gasteiger partial charge in [0.15, 0.2) is 0 Å². The van der Waals surface area contributed by atoms with E-state index in [4.69, 9.17) is 5.26 Å². The van der Waals surface area contributed by atoms with Crippen LogP contribution in [-0.4, -0.2) is 6.29 Å². The highest BCUT2D eigenvalue weighted by molar-refractivity contribution is 5.91. The van der Waals surface area contributed by atoms with E-state index in [1.165, 1.54) is 0 Å².